The van der Waals surface area contributed by atoms with Gasteiger partial charge in [0.05, 0.1) is 26.2 Å². The van der Waals surface area contributed by atoms with E-state index < -0.39 is 5.92 Å². The normalized spacial score (nSPS) is 17.3. The Hall–Kier alpha value is -3.32. The quantitative estimate of drug-likeness (QED) is 0.453. The van der Waals surface area contributed by atoms with Crippen LogP contribution in [0.5, 0.6) is 11.5 Å². The Labute approximate surface area is 210 Å². The lowest BCUT2D eigenvalue weighted by molar-refractivity contribution is -0.124. The molecule has 4 rings (SSSR count). The largest absolute Gasteiger partial charge is 0.497 e. The molecule has 1 aliphatic heterocycles. The van der Waals surface area contributed by atoms with Crippen LogP contribution in [0.25, 0.3) is 0 Å². The number of methoxy groups -OCH3 is 2. The summed E-state index contributed by atoms with van der Waals surface area (Å²) in [5, 5.41) is 5.14. The second-order valence-corrected chi connectivity index (χ2v) is 10.1. The first-order valence-corrected chi connectivity index (χ1v) is 12.7. The summed E-state index contributed by atoms with van der Waals surface area (Å²) >= 11 is 1.58. The topological polar surface area (TPSA) is 67.9 Å². The number of rotatable bonds is 9. The number of hydrogen-bond donors (Lipinski definition) is 1. The van der Waals surface area contributed by atoms with Gasteiger partial charge in [0.25, 0.3) is 5.91 Å². The molecule has 2 atom stereocenters. The molecule has 0 saturated carbocycles. The molecule has 2 heterocycles. The number of benzene rings is 2. The Bertz CT molecular complexity index is 1180. The van der Waals surface area contributed by atoms with Gasteiger partial charge in [0.15, 0.2) is 0 Å². The molecular weight excluding hydrogens is 460 g/mol. The molecule has 1 N–H and O–H groups in total. The summed E-state index contributed by atoms with van der Waals surface area (Å²) in [5.41, 5.74) is 2.39. The summed E-state index contributed by atoms with van der Waals surface area (Å²) in [6, 6.07) is 16.9. The summed E-state index contributed by atoms with van der Waals surface area (Å²) in [7, 11) is 3.25. The van der Waals surface area contributed by atoms with Gasteiger partial charge in [-0.2, -0.15) is 0 Å². The van der Waals surface area contributed by atoms with Crippen LogP contribution in [0.15, 0.2) is 60.0 Å². The fourth-order valence-corrected chi connectivity index (χ4v) is 5.61. The van der Waals surface area contributed by atoms with Crippen LogP contribution in [-0.4, -0.2) is 44.0 Å². The predicted molar refractivity (Wildman–Crippen MR) is 138 cm³/mol. The second kappa shape index (κ2) is 11.0. The van der Waals surface area contributed by atoms with Crippen LogP contribution in [0.1, 0.15) is 52.2 Å². The van der Waals surface area contributed by atoms with Gasteiger partial charge in [0.2, 0.25) is 5.91 Å². The predicted octanol–water partition coefficient (Wildman–Crippen LogP) is 5.06. The van der Waals surface area contributed by atoms with Crippen molar-refractivity contribution >= 4 is 23.2 Å². The van der Waals surface area contributed by atoms with Crippen molar-refractivity contribution < 1.29 is 19.1 Å². The number of fused-ring (bicyclic) bond motifs is 1. The van der Waals surface area contributed by atoms with Crippen molar-refractivity contribution in [3.63, 3.8) is 0 Å². The minimum absolute atomic E-state index is 0.0141. The highest BCUT2D eigenvalue weighted by atomic mass is 32.1. The van der Waals surface area contributed by atoms with E-state index in [1.807, 2.05) is 64.9 Å². The van der Waals surface area contributed by atoms with Gasteiger partial charge in [-0.15, -0.1) is 11.3 Å². The van der Waals surface area contributed by atoms with E-state index in [-0.39, 0.29) is 23.8 Å². The van der Waals surface area contributed by atoms with Crippen molar-refractivity contribution in [3.05, 3.63) is 81.5 Å². The van der Waals surface area contributed by atoms with Crippen LogP contribution in [0.2, 0.25) is 0 Å². The Balaban J connectivity index is 1.62. The average Bonchev–Trinajstić information content (AvgIpc) is 3.40. The lowest BCUT2D eigenvalue weighted by atomic mass is 9.81. The number of nitrogens with one attached hydrogen (secondary N) is 1. The molecular formula is C28H32N2O4S. The number of carbonyl (C=O) groups is 2. The Morgan fingerprint density at radius 2 is 1.89 bits per heavy atom. The molecule has 0 bridgehead atoms. The summed E-state index contributed by atoms with van der Waals surface area (Å²) in [6.45, 7) is 5.23. The van der Waals surface area contributed by atoms with Crippen molar-refractivity contribution in [2.45, 2.75) is 32.2 Å². The van der Waals surface area contributed by atoms with Crippen molar-refractivity contribution in [2.75, 3.05) is 27.3 Å². The van der Waals surface area contributed by atoms with E-state index in [2.05, 4.69) is 19.2 Å². The molecule has 35 heavy (non-hydrogen) atoms. The minimum Gasteiger partial charge on any atom is -0.497 e. The molecule has 0 fully saturated rings. The maximum atomic E-state index is 13.8. The first-order chi connectivity index (χ1) is 16.9. The van der Waals surface area contributed by atoms with Crippen molar-refractivity contribution in [3.8, 4) is 11.5 Å². The van der Waals surface area contributed by atoms with Gasteiger partial charge in [0.1, 0.15) is 11.5 Å². The number of ether oxygens (including phenoxy) is 2. The molecule has 2 aromatic carbocycles. The standard InChI is InChI=1S/C28H32N2O4S/c1-18(2)17-30-26(24-10-7-15-35-24)25(21-8-5-6-9-22(21)28(30)32)27(31)29-14-13-19-11-12-20(33-3)16-23(19)34-4/h5-12,15-16,18,25-26H,13-14,17H2,1-4H3,(H,29,31)/t25-,26-/m0/s1. The molecule has 1 aliphatic rings. The van der Waals surface area contributed by atoms with Crippen molar-refractivity contribution in [1.82, 2.24) is 10.2 Å². The highest BCUT2D eigenvalue weighted by Crippen LogP contribution is 2.44. The average molecular weight is 493 g/mol. The summed E-state index contributed by atoms with van der Waals surface area (Å²) < 4.78 is 10.8. The van der Waals surface area contributed by atoms with Crippen LogP contribution >= 0.6 is 11.3 Å². The minimum atomic E-state index is -0.487. The van der Waals surface area contributed by atoms with Crippen LogP contribution in [0, 0.1) is 5.92 Å². The fraction of sp³-hybridized carbons (Fsp3) is 0.357. The van der Waals surface area contributed by atoms with E-state index in [1.54, 1.807) is 25.6 Å². The molecule has 0 spiro atoms. The fourth-order valence-electron chi connectivity index (χ4n) is 4.73. The molecule has 3 aromatic rings. The maximum Gasteiger partial charge on any atom is 0.254 e. The van der Waals surface area contributed by atoms with Crippen LogP contribution in [0.3, 0.4) is 0 Å². The molecule has 7 heteroatoms. The summed E-state index contributed by atoms with van der Waals surface area (Å²) in [6.07, 6.45) is 0.617. The van der Waals surface area contributed by atoms with Gasteiger partial charge in [-0.25, -0.2) is 0 Å². The molecule has 0 aliphatic carbocycles. The van der Waals surface area contributed by atoms with E-state index in [9.17, 15) is 9.59 Å². The number of carbonyl (C=O) groups excluding carboxylic acids is 2. The van der Waals surface area contributed by atoms with E-state index in [0.717, 1.165) is 27.5 Å². The number of amides is 2. The smallest absolute Gasteiger partial charge is 0.254 e. The second-order valence-electron chi connectivity index (χ2n) is 9.10. The lowest BCUT2D eigenvalue weighted by Crippen LogP contribution is -2.48. The van der Waals surface area contributed by atoms with Crippen molar-refractivity contribution in [2.24, 2.45) is 5.92 Å². The van der Waals surface area contributed by atoms with Gasteiger partial charge < -0.3 is 19.7 Å². The zero-order valence-corrected chi connectivity index (χ0v) is 21.4. The third-order valence-corrected chi connectivity index (χ3v) is 7.25. The molecule has 184 valence electrons. The van der Waals surface area contributed by atoms with Crippen LogP contribution in [0.4, 0.5) is 0 Å². The van der Waals surface area contributed by atoms with Gasteiger partial charge in [-0.05, 0) is 47.0 Å². The number of thiophene rings is 1. The zero-order valence-electron chi connectivity index (χ0n) is 20.6. The molecule has 0 unspecified atom stereocenters. The van der Waals surface area contributed by atoms with Gasteiger partial charge in [0, 0.05) is 29.6 Å². The third-order valence-electron chi connectivity index (χ3n) is 6.31. The first kappa shape index (κ1) is 24.8. The SMILES string of the molecule is COc1ccc(CCNC(=O)[C@H]2c3ccccc3C(=O)N(CC(C)C)[C@H]2c2cccs2)c(OC)c1. The van der Waals surface area contributed by atoms with E-state index in [0.29, 0.717) is 25.1 Å². The highest BCUT2D eigenvalue weighted by molar-refractivity contribution is 7.10. The highest BCUT2D eigenvalue weighted by Gasteiger charge is 2.44. The third kappa shape index (κ3) is 5.20. The number of hydrogen-bond acceptors (Lipinski definition) is 5. The monoisotopic (exact) mass is 492 g/mol. The molecule has 0 saturated heterocycles. The summed E-state index contributed by atoms with van der Waals surface area (Å²) in [5.74, 6) is 1.15. The van der Waals surface area contributed by atoms with Gasteiger partial charge in [-0.1, -0.05) is 44.2 Å². The maximum absolute atomic E-state index is 13.8. The zero-order chi connectivity index (χ0) is 24.9. The van der Waals surface area contributed by atoms with Crippen molar-refractivity contribution in [1.29, 1.82) is 0 Å². The lowest BCUT2D eigenvalue weighted by Gasteiger charge is -2.42. The van der Waals surface area contributed by atoms with Gasteiger partial charge >= 0.3 is 0 Å². The molecule has 6 nitrogen and oxygen atoms in total. The Kier molecular flexibility index (Phi) is 7.76. The number of nitrogens with zero attached hydrogens (tertiary/aromatic N) is 1. The molecule has 0 radical (unpaired) electrons. The summed E-state index contributed by atoms with van der Waals surface area (Å²) in [4.78, 5) is 30.2. The van der Waals surface area contributed by atoms with E-state index in [4.69, 9.17) is 9.47 Å². The van der Waals surface area contributed by atoms with E-state index in [1.165, 1.54) is 0 Å². The Morgan fingerprint density at radius 3 is 2.57 bits per heavy atom. The molecule has 1 aromatic heterocycles. The van der Waals surface area contributed by atoms with E-state index >= 15 is 0 Å². The van der Waals surface area contributed by atoms with Crippen LogP contribution in [-0.2, 0) is 11.2 Å². The molecule has 2 amide bonds. The van der Waals surface area contributed by atoms with Crippen LogP contribution < -0.4 is 14.8 Å². The van der Waals surface area contributed by atoms with Gasteiger partial charge in [-0.3, -0.25) is 9.59 Å². The Morgan fingerprint density at radius 1 is 1.09 bits per heavy atom. The first-order valence-electron chi connectivity index (χ1n) is 11.9.